The van der Waals surface area contributed by atoms with E-state index in [4.69, 9.17) is 0 Å². The van der Waals surface area contributed by atoms with E-state index in [9.17, 15) is 14.7 Å². The molecule has 0 aliphatic rings. The van der Waals surface area contributed by atoms with E-state index in [0.717, 1.165) is 16.6 Å². The number of hydrogen-bond acceptors (Lipinski definition) is 4. The molecule has 6 nitrogen and oxygen atoms in total. The number of rotatable bonds is 6. The van der Waals surface area contributed by atoms with Crippen LogP contribution in [0.2, 0.25) is 0 Å². The van der Waals surface area contributed by atoms with Crippen LogP contribution in [0, 0.1) is 6.92 Å². The second-order valence-corrected chi connectivity index (χ2v) is 6.24. The van der Waals surface area contributed by atoms with Crippen LogP contribution in [0.25, 0.3) is 10.9 Å². The standard InChI is InChI=1S/C21H21N3O3/c1-14-13-18(17-5-2-3-6-19(17)24-14)21(27)23-12-4-11-22-20(26)15-7-9-16(25)10-8-15/h2-3,5-10,13,25H,4,11-12H2,1H3,(H,22,26)(H,23,27). The Morgan fingerprint density at radius 3 is 2.37 bits per heavy atom. The summed E-state index contributed by atoms with van der Waals surface area (Å²) in [5, 5.41) is 15.7. The maximum Gasteiger partial charge on any atom is 0.252 e. The average molecular weight is 363 g/mol. The van der Waals surface area contributed by atoms with Crippen LogP contribution in [0.3, 0.4) is 0 Å². The zero-order valence-corrected chi connectivity index (χ0v) is 15.0. The molecule has 2 aromatic carbocycles. The van der Waals surface area contributed by atoms with Gasteiger partial charge in [0.05, 0.1) is 11.1 Å². The van der Waals surface area contributed by atoms with Crippen molar-refractivity contribution in [3.8, 4) is 5.75 Å². The molecule has 0 aliphatic heterocycles. The van der Waals surface area contributed by atoms with Crippen LogP contribution < -0.4 is 10.6 Å². The third-order valence-corrected chi connectivity index (χ3v) is 4.14. The summed E-state index contributed by atoms with van der Waals surface area (Å²) in [6.07, 6.45) is 0.609. The SMILES string of the molecule is Cc1cc(C(=O)NCCCNC(=O)c2ccc(O)cc2)c2ccccc2n1. The van der Waals surface area contributed by atoms with Crippen LogP contribution >= 0.6 is 0 Å². The Bertz CT molecular complexity index is 968. The van der Waals surface area contributed by atoms with Gasteiger partial charge in [-0.25, -0.2) is 0 Å². The molecule has 138 valence electrons. The van der Waals surface area contributed by atoms with Crippen molar-refractivity contribution in [2.75, 3.05) is 13.1 Å². The molecular formula is C21H21N3O3. The smallest absolute Gasteiger partial charge is 0.252 e. The molecule has 1 aromatic heterocycles. The fourth-order valence-corrected chi connectivity index (χ4v) is 2.80. The molecule has 3 aromatic rings. The molecule has 0 radical (unpaired) electrons. The van der Waals surface area contributed by atoms with Gasteiger partial charge in [-0.05, 0) is 49.7 Å². The Kier molecular flexibility index (Phi) is 5.66. The van der Waals surface area contributed by atoms with Crippen molar-refractivity contribution >= 4 is 22.7 Å². The number of pyridine rings is 1. The molecule has 0 saturated heterocycles. The van der Waals surface area contributed by atoms with E-state index in [2.05, 4.69) is 15.6 Å². The molecule has 0 aliphatic carbocycles. The van der Waals surface area contributed by atoms with Gasteiger partial charge in [0.1, 0.15) is 5.75 Å². The van der Waals surface area contributed by atoms with Gasteiger partial charge in [-0.3, -0.25) is 14.6 Å². The summed E-state index contributed by atoms with van der Waals surface area (Å²) < 4.78 is 0. The van der Waals surface area contributed by atoms with Crippen LogP contribution in [0.5, 0.6) is 5.75 Å². The summed E-state index contributed by atoms with van der Waals surface area (Å²) >= 11 is 0. The lowest BCUT2D eigenvalue weighted by Gasteiger charge is -2.09. The highest BCUT2D eigenvalue weighted by molar-refractivity contribution is 6.06. The number of nitrogens with zero attached hydrogens (tertiary/aromatic N) is 1. The van der Waals surface area contributed by atoms with Crippen LogP contribution in [0.15, 0.2) is 54.6 Å². The van der Waals surface area contributed by atoms with Crippen molar-refractivity contribution in [1.82, 2.24) is 15.6 Å². The van der Waals surface area contributed by atoms with Gasteiger partial charge in [-0.15, -0.1) is 0 Å². The average Bonchev–Trinajstić information content (AvgIpc) is 2.67. The van der Waals surface area contributed by atoms with Gasteiger partial charge in [0.25, 0.3) is 11.8 Å². The molecule has 2 amide bonds. The quantitative estimate of drug-likeness (QED) is 0.587. The maximum atomic E-state index is 12.5. The number of carbonyl (C=O) groups is 2. The summed E-state index contributed by atoms with van der Waals surface area (Å²) in [6.45, 7) is 2.75. The fourth-order valence-electron chi connectivity index (χ4n) is 2.80. The third kappa shape index (κ3) is 4.61. The van der Waals surface area contributed by atoms with Gasteiger partial charge >= 0.3 is 0 Å². The Hall–Kier alpha value is -3.41. The topological polar surface area (TPSA) is 91.3 Å². The first-order chi connectivity index (χ1) is 13.0. The number of nitrogens with one attached hydrogen (secondary N) is 2. The molecule has 27 heavy (non-hydrogen) atoms. The Morgan fingerprint density at radius 1 is 0.963 bits per heavy atom. The first-order valence-corrected chi connectivity index (χ1v) is 8.76. The van der Waals surface area contributed by atoms with Crippen molar-refractivity contribution < 1.29 is 14.7 Å². The van der Waals surface area contributed by atoms with Gasteiger partial charge in [-0.2, -0.15) is 0 Å². The number of amides is 2. The Labute approximate surface area is 157 Å². The molecule has 3 N–H and O–H groups in total. The minimum Gasteiger partial charge on any atom is -0.508 e. The molecule has 0 saturated carbocycles. The summed E-state index contributed by atoms with van der Waals surface area (Å²) in [5.74, 6) is -0.244. The molecule has 1 heterocycles. The zero-order chi connectivity index (χ0) is 19.2. The molecule has 0 atom stereocenters. The number of aryl methyl sites for hydroxylation is 1. The van der Waals surface area contributed by atoms with Crippen LogP contribution in [-0.4, -0.2) is 35.0 Å². The lowest BCUT2D eigenvalue weighted by Crippen LogP contribution is -2.30. The number of carbonyl (C=O) groups excluding carboxylic acids is 2. The first-order valence-electron chi connectivity index (χ1n) is 8.76. The molecule has 0 bridgehead atoms. The second-order valence-electron chi connectivity index (χ2n) is 6.24. The van der Waals surface area contributed by atoms with E-state index in [1.54, 1.807) is 18.2 Å². The highest BCUT2D eigenvalue weighted by Gasteiger charge is 2.11. The van der Waals surface area contributed by atoms with Crippen molar-refractivity contribution in [3.05, 3.63) is 71.4 Å². The highest BCUT2D eigenvalue weighted by atomic mass is 16.3. The van der Waals surface area contributed by atoms with Crippen molar-refractivity contribution in [3.63, 3.8) is 0 Å². The molecular weight excluding hydrogens is 342 g/mol. The molecule has 3 rings (SSSR count). The van der Waals surface area contributed by atoms with E-state index in [-0.39, 0.29) is 17.6 Å². The second kappa shape index (κ2) is 8.31. The molecule has 6 heteroatoms. The van der Waals surface area contributed by atoms with Crippen LogP contribution in [0.1, 0.15) is 32.8 Å². The summed E-state index contributed by atoms with van der Waals surface area (Å²) in [6, 6.07) is 15.4. The lowest BCUT2D eigenvalue weighted by molar-refractivity contribution is 0.0952. The monoisotopic (exact) mass is 363 g/mol. The van der Waals surface area contributed by atoms with E-state index >= 15 is 0 Å². The predicted molar refractivity (Wildman–Crippen MR) is 104 cm³/mol. The summed E-state index contributed by atoms with van der Waals surface area (Å²) in [7, 11) is 0. The number of aromatic nitrogens is 1. The number of phenols is 1. The summed E-state index contributed by atoms with van der Waals surface area (Å²) in [5.41, 5.74) is 2.67. The fraction of sp³-hybridized carbons (Fsp3) is 0.190. The molecule has 0 unspecified atom stereocenters. The van der Waals surface area contributed by atoms with E-state index in [0.29, 0.717) is 30.6 Å². The third-order valence-electron chi connectivity index (χ3n) is 4.14. The summed E-state index contributed by atoms with van der Waals surface area (Å²) in [4.78, 5) is 28.9. The Balaban J connectivity index is 1.50. The number of fused-ring (bicyclic) bond motifs is 1. The predicted octanol–water partition coefficient (Wildman–Crippen LogP) is 2.80. The number of phenolic OH excluding ortho intramolecular Hbond substituents is 1. The van der Waals surface area contributed by atoms with Gasteiger partial charge in [0, 0.05) is 29.7 Å². The lowest BCUT2D eigenvalue weighted by atomic mass is 10.1. The van der Waals surface area contributed by atoms with Gasteiger partial charge in [0.2, 0.25) is 0 Å². The number of aromatic hydroxyl groups is 1. The van der Waals surface area contributed by atoms with Gasteiger partial charge in [-0.1, -0.05) is 18.2 Å². The van der Waals surface area contributed by atoms with Gasteiger partial charge in [0.15, 0.2) is 0 Å². The van der Waals surface area contributed by atoms with E-state index < -0.39 is 0 Å². The first kappa shape index (κ1) is 18.4. The van der Waals surface area contributed by atoms with Crippen molar-refractivity contribution in [2.45, 2.75) is 13.3 Å². The van der Waals surface area contributed by atoms with Gasteiger partial charge < -0.3 is 15.7 Å². The van der Waals surface area contributed by atoms with E-state index in [1.165, 1.54) is 12.1 Å². The normalized spacial score (nSPS) is 10.6. The van der Waals surface area contributed by atoms with Crippen molar-refractivity contribution in [2.24, 2.45) is 0 Å². The number of benzene rings is 2. The highest BCUT2D eigenvalue weighted by Crippen LogP contribution is 2.18. The molecule has 0 spiro atoms. The maximum absolute atomic E-state index is 12.5. The largest absolute Gasteiger partial charge is 0.508 e. The minimum atomic E-state index is -0.211. The molecule has 0 fully saturated rings. The number of hydrogen-bond donors (Lipinski definition) is 3. The van der Waals surface area contributed by atoms with Crippen molar-refractivity contribution in [1.29, 1.82) is 0 Å². The zero-order valence-electron chi connectivity index (χ0n) is 15.0. The van der Waals surface area contributed by atoms with Crippen LogP contribution in [0.4, 0.5) is 0 Å². The minimum absolute atomic E-state index is 0.119. The van der Waals surface area contributed by atoms with Crippen LogP contribution in [-0.2, 0) is 0 Å². The number of para-hydroxylation sites is 1. The Morgan fingerprint density at radius 2 is 1.63 bits per heavy atom. The van der Waals surface area contributed by atoms with E-state index in [1.807, 2.05) is 31.2 Å².